The van der Waals surface area contributed by atoms with Crippen molar-refractivity contribution in [2.45, 2.75) is 51.9 Å². The van der Waals surface area contributed by atoms with Gasteiger partial charge in [0.25, 0.3) is 0 Å². The van der Waals surface area contributed by atoms with E-state index in [0.717, 1.165) is 25.7 Å². The minimum Gasteiger partial charge on any atom is -0.299 e. The number of unbranched alkanes of at least 4 members (excludes halogenated alkanes) is 4. The number of hydrogen-bond acceptors (Lipinski definition) is 2. The first kappa shape index (κ1) is 12.9. The van der Waals surface area contributed by atoms with Gasteiger partial charge in [-0.2, -0.15) is 5.26 Å². The number of hydrogen-bond donors (Lipinski definition) is 0. The zero-order chi connectivity index (χ0) is 10.6. The van der Waals surface area contributed by atoms with Crippen molar-refractivity contribution in [3.8, 4) is 6.07 Å². The molecule has 2 heteroatoms. The van der Waals surface area contributed by atoms with E-state index in [4.69, 9.17) is 5.26 Å². The average molecular weight is 193 g/mol. The van der Waals surface area contributed by atoms with Crippen LogP contribution in [0.4, 0.5) is 0 Å². The normalized spacial score (nSPS) is 10.3. The van der Waals surface area contributed by atoms with Gasteiger partial charge in [0.05, 0.1) is 6.07 Å². The van der Waals surface area contributed by atoms with Crippen molar-refractivity contribution >= 4 is 5.78 Å². The van der Waals surface area contributed by atoms with E-state index < -0.39 is 0 Å². The Morgan fingerprint density at radius 3 is 2.64 bits per heavy atom. The molecular formula is C12H19NO. The quantitative estimate of drug-likeness (QED) is 0.438. The minimum atomic E-state index is 0.323. The number of Topliss-reactive ketones (excluding diaryl/α,β-unsaturated/α-hetero) is 1. The number of ketones is 1. The monoisotopic (exact) mass is 193 g/mol. The zero-order valence-electron chi connectivity index (χ0n) is 8.96. The first-order chi connectivity index (χ1) is 6.81. The van der Waals surface area contributed by atoms with Gasteiger partial charge in [-0.25, -0.2) is 0 Å². The molecule has 0 aromatic rings. The summed E-state index contributed by atoms with van der Waals surface area (Å²) in [6.07, 6.45) is 9.82. The number of allylic oxidation sites excluding steroid dienone is 2. The number of carbonyl (C=O) groups is 1. The molecule has 0 saturated carbocycles. The Balaban J connectivity index is 3.19. The largest absolute Gasteiger partial charge is 0.299 e. The Hall–Kier alpha value is -1.10. The van der Waals surface area contributed by atoms with E-state index in [-0.39, 0.29) is 0 Å². The average Bonchev–Trinajstić information content (AvgIpc) is 2.20. The van der Waals surface area contributed by atoms with E-state index >= 15 is 0 Å². The molecule has 0 unspecified atom stereocenters. The summed E-state index contributed by atoms with van der Waals surface area (Å²) in [5, 5.41) is 8.30. The summed E-state index contributed by atoms with van der Waals surface area (Å²) < 4.78 is 0. The van der Waals surface area contributed by atoms with Crippen molar-refractivity contribution < 1.29 is 4.79 Å². The van der Waals surface area contributed by atoms with Crippen LogP contribution in [0, 0.1) is 11.3 Å². The molecule has 0 saturated heterocycles. The smallest absolute Gasteiger partial charge is 0.136 e. The van der Waals surface area contributed by atoms with E-state index in [9.17, 15) is 4.79 Å². The Morgan fingerprint density at radius 2 is 2.00 bits per heavy atom. The molecule has 0 spiro atoms. The third kappa shape index (κ3) is 8.99. The summed E-state index contributed by atoms with van der Waals surface area (Å²) in [5.41, 5.74) is 0. The van der Waals surface area contributed by atoms with E-state index in [1.807, 2.05) is 19.1 Å². The Kier molecular flexibility index (Phi) is 9.20. The Labute approximate surface area is 86.6 Å². The zero-order valence-corrected chi connectivity index (χ0v) is 8.96. The molecule has 0 radical (unpaired) electrons. The van der Waals surface area contributed by atoms with Crippen LogP contribution in [-0.2, 0) is 4.79 Å². The molecule has 0 aliphatic heterocycles. The summed E-state index contributed by atoms with van der Waals surface area (Å²) in [4.78, 5) is 11.2. The third-order valence-corrected chi connectivity index (χ3v) is 2.08. The van der Waals surface area contributed by atoms with Crippen LogP contribution in [-0.4, -0.2) is 5.78 Å². The van der Waals surface area contributed by atoms with E-state index in [0.29, 0.717) is 25.0 Å². The van der Waals surface area contributed by atoms with Gasteiger partial charge in [0.1, 0.15) is 5.78 Å². The predicted molar refractivity (Wildman–Crippen MR) is 57.8 cm³/mol. The van der Waals surface area contributed by atoms with Crippen molar-refractivity contribution in [1.82, 2.24) is 0 Å². The molecule has 0 heterocycles. The lowest BCUT2D eigenvalue weighted by atomic mass is 10.1. The lowest BCUT2D eigenvalue weighted by Gasteiger charge is -1.97. The second-order valence-electron chi connectivity index (χ2n) is 3.38. The van der Waals surface area contributed by atoms with Gasteiger partial charge >= 0.3 is 0 Å². The van der Waals surface area contributed by atoms with Crippen molar-refractivity contribution in [2.75, 3.05) is 0 Å². The maximum absolute atomic E-state index is 11.2. The van der Waals surface area contributed by atoms with Gasteiger partial charge in [-0.3, -0.25) is 4.79 Å². The maximum atomic E-state index is 11.2. The first-order valence-corrected chi connectivity index (χ1v) is 5.31. The highest BCUT2D eigenvalue weighted by Crippen LogP contribution is 2.06. The van der Waals surface area contributed by atoms with Gasteiger partial charge in [0, 0.05) is 19.3 Å². The van der Waals surface area contributed by atoms with Crippen LogP contribution < -0.4 is 0 Å². The molecule has 0 aliphatic rings. The SMILES string of the molecule is C/C=C/CC(=O)CCCCCCC#N. The first-order valence-electron chi connectivity index (χ1n) is 5.31. The summed E-state index contributed by atoms with van der Waals surface area (Å²) in [6.45, 7) is 1.93. The van der Waals surface area contributed by atoms with Crippen molar-refractivity contribution in [1.29, 1.82) is 5.26 Å². The van der Waals surface area contributed by atoms with Crippen LogP contribution in [0.5, 0.6) is 0 Å². The molecular weight excluding hydrogens is 174 g/mol. The minimum absolute atomic E-state index is 0.323. The lowest BCUT2D eigenvalue weighted by Crippen LogP contribution is -1.95. The molecule has 0 rings (SSSR count). The predicted octanol–water partition coefficient (Wildman–Crippen LogP) is 3.39. The molecule has 0 fully saturated rings. The molecule has 14 heavy (non-hydrogen) atoms. The van der Waals surface area contributed by atoms with Gasteiger partial charge in [-0.05, 0) is 19.8 Å². The van der Waals surface area contributed by atoms with Gasteiger partial charge in [0.2, 0.25) is 0 Å². The summed E-state index contributed by atoms with van der Waals surface area (Å²) in [6, 6.07) is 2.12. The molecule has 0 amide bonds. The van der Waals surface area contributed by atoms with Gasteiger partial charge in [-0.1, -0.05) is 25.0 Å². The Bertz CT molecular complexity index is 213. The molecule has 0 N–H and O–H groups in total. The number of carbonyl (C=O) groups excluding carboxylic acids is 1. The van der Waals surface area contributed by atoms with Crippen LogP contribution in [0.25, 0.3) is 0 Å². The molecule has 0 bridgehead atoms. The van der Waals surface area contributed by atoms with Crippen LogP contribution in [0.2, 0.25) is 0 Å². The van der Waals surface area contributed by atoms with Gasteiger partial charge in [0.15, 0.2) is 0 Å². The highest BCUT2D eigenvalue weighted by Gasteiger charge is 1.98. The van der Waals surface area contributed by atoms with Crippen LogP contribution in [0.1, 0.15) is 51.9 Å². The third-order valence-electron chi connectivity index (χ3n) is 2.08. The van der Waals surface area contributed by atoms with Crippen molar-refractivity contribution in [3.05, 3.63) is 12.2 Å². The molecule has 0 atom stereocenters. The molecule has 2 nitrogen and oxygen atoms in total. The number of nitriles is 1. The van der Waals surface area contributed by atoms with Gasteiger partial charge < -0.3 is 0 Å². The van der Waals surface area contributed by atoms with Crippen LogP contribution in [0.3, 0.4) is 0 Å². The van der Waals surface area contributed by atoms with Crippen molar-refractivity contribution in [2.24, 2.45) is 0 Å². The summed E-state index contributed by atoms with van der Waals surface area (Å²) in [5.74, 6) is 0.323. The number of rotatable bonds is 8. The summed E-state index contributed by atoms with van der Waals surface area (Å²) >= 11 is 0. The molecule has 78 valence electrons. The second kappa shape index (κ2) is 9.98. The topological polar surface area (TPSA) is 40.9 Å². The highest BCUT2D eigenvalue weighted by molar-refractivity contribution is 5.79. The number of nitrogens with zero attached hydrogens (tertiary/aromatic N) is 1. The van der Waals surface area contributed by atoms with Crippen molar-refractivity contribution in [3.63, 3.8) is 0 Å². The van der Waals surface area contributed by atoms with Crippen LogP contribution in [0.15, 0.2) is 12.2 Å². The molecule has 0 aliphatic carbocycles. The van der Waals surface area contributed by atoms with E-state index in [1.165, 1.54) is 0 Å². The second-order valence-corrected chi connectivity index (χ2v) is 3.38. The van der Waals surface area contributed by atoms with Crippen LogP contribution >= 0.6 is 0 Å². The van der Waals surface area contributed by atoms with Gasteiger partial charge in [-0.15, -0.1) is 0 Å². The van der Waals surface area contributed by atoms with E-state index in [1.54, 1.807) is 0 Å². The molecule has 0 aromatic carbocycles. The fourth-order valence-corrected chi connectivity index (χ4v) is 1.23. The van der Waals surface area contributed by atoms with E-state index in [2.05, 4.69) is 6.07 Å². The standard InChI is InChI=1S/C12H19NO/c1-2-3-9-12(14)10-7-5-4-6-8-11-13/h2-3H,4-10H2,1H3/b3-2+. The Morgan fingerprint density at radius 1 is 1.29 bits per heavy atom. The summed E-state index contributed by atoms with van der Waals surface area (Å²) in [7, 11) is 0. The molecule has 0 aromatic heterocycles. The highest BCUT2D eigenvalue weighted by atomic mass is 16.1. The maximum Gasteiger partial charge on any atom is 0.136 e. The fourth-order valence-electron chi connectivity index (χ4n) is 1.23. The fraction of sp³-hybridized carbons (Fsp3) is 0.667. The lowest BCUT2D eigenvalue weighted by molar-refractivity contribution is -0.118.